The van der Waals surface area contributed by atoms with E-state index in [0.717, 1.165) is 9.87 Å². The summed E-state index contributed by atoms with van der Waals surface area (Å²) >= 11 is 0. The van der Waals surface area contributed by atoms with Gasteiger partial charge in [0, 0.05) is 23.9 Å². The first-order valence-corrected chi connectivity index (χ1v) is 10.2. The number of nitrogens with zero attached hydrogens (tertiary/aromatic N) is 3. The Bertz CT molecular complexity index is 1220. The van der Waals surface area contributed by atoms with Gasteiger partial charge in [0.05, 0.1) is 10.6 Å². The van der Waals surface area contributed by atoms with Crippen molar-refractivity contribution in [1.82, 2.24) is 14.1 Å². The molecule has 0 saturated heterocycles. The first kappa shape index (κ1) is 18.2. The molecule has 2 heterocycles. The van der Waals surface area contributed by atoms with E-state index in [1.54, 1.807) is 44.2 Å². The van der Waals surface area contributed by atoms with Crippen LogP contribution in [-0.4, -0.2) is 35.5 Å². The molecule has 0 N–H and O–H groups in total. The first-order chi connectivity index (χ1) is 13.3. The van der Waals surface area contributed by atoms with Gasteiger partial charge >= 0.3 is 0 Å². The molecule has 6 nitrogen and oxygen atoms in total. The van der Waals surface area contributed by atoms with Crippen LogP contribution in [0, 0.1) is 13.8 Å². The van der Waals surface area contributed by atoms with E-state index in [1.807, 2.05) is 30.3 Å². The topological polar surface area (TPSA) is 72.3 Å². The van der Waals surface area contributed by atoms with Gasteiger partial charge in [-0.2, -0.15) is 9.78 Å². The Morgan fingerprint density at radius 2 is 1.61 bits per heavy atom. The number of hydrogen-bond acceptors (Lipinski definition) is 4. The third-order valence-electron chi connectivity index (χ3n) is 4.81. The summed E-state index contributed by atoms with van der Waals surface area (Å²) in [5.74, 6) is -0.481. The minimum Gasteiger partial charge on any atom is -0.265 e. The average molecular weight is 393 g/mol. The lowest BCUT2D eigenvalue weighted by molar-refractivity contribution is 0.0918. The molecule has 0 amide bonds. The highest BCUT2D eigenvalue weighted by atomic mass is 32.2. The number of carbonyl (C=O) groups is 1. The largest absolute Gasteiger partial charge is 0.296 e. The lowest BCUT2D eigenvalue weighted by Crippen LogP contribution is -2.37. The fraction of sp³-hybridized carbons (Fsp3) is 0.143. The van der Waals surface area contributed by atoms with Gasteiger partial charge in [-0.1, -0.05) is 48.5 Å². The molecule has 0 unspecified atom stereocenters. The molecule has 28 heavy (non-hydrogen) atoms. The van der Waals surface area contributed by atoms with Crippen LogP contribution in [0.4, 0.5) is 0 Å². The van der Waals surface area contributed by atoms with Crippen molar-refractivity contribution in [3.05, 3.63) is 88.9 Å². The van der Waals surface area contributed by atoms with Crippen LogP contribution in [0.5, 0.6) is 0 Å². The molecule has 0 atom stereocenters. The van der Waals surface area contributed by atoms with Gasteiger partial charge in [-0.25, -0.2) is 8.42 Å². The van der Waals surface area contributed by atoms with Crippen molar-refractivity contribution >= 4 is 21.5 Å². The summed E-state index contributed by atoms with van der Waals surface area (Å²) in [6.07, 6.45) is 0. The summed E-state index contributed by atoms with van der Waals surface area (Å²) in [4.78, 5) is 13.6. The van der Waals surface area contributed by atoms with Gasteiger partial charge in [-0.3, -0.25) is 9.10 Å². The number of fused-ring (bicyclic) bond motifs is 1. The van der Waals surface area contributed by atoms with Gasteiger partial charge in [0.2, 0.25) is 0 Å². The highest BCUT2D eigenvalue weighted by Gasteiger charge is 2.38. The smallest absolute Gasteiger partial charge is 0.265 e. The molecule has 0 aliphatic carbocycles. The van der Waals surface area contributed by atoms with E-state index in [0.29, 0.717) is 22.5 Å². The van der Waals surface area contributed by atoms with Crippen molar-refractivity contribution in [1.29, 1.82) is 0 Å². The summed E-state index contributed by atoms with van der Waals surface area (Å²) in [6, 6.07) is 17.9. The van der Waals surface area contributed by atoms with Gasteiger partial charge < -0.3 is 0 Å². The Morgan fingerprint density at radius 1 is 0.964 bits per heavy atom. The van der Waals surface area contributed by atoms with Crippen molar-refractivity contribution in [3.63, 3.8) is 0 Å². The summed E-state index contributed by atoms with van der Waals surface area (Å²) in [5.41, 5.74) is 3.27. The fourth-order valence-electron chi connectivity index (χ4n) is 3.52. The molecule has 1 aliphatic rings. The number of allylic oxidation sites excluding steroid dienone is 1. The van der Waals surface area contributed by atoms with Crippen LogP contribution in [0.1, 0.15) is 27.3 Å². The molecular weight excluding hydrogens is 374 g/mol. The standard InChI is InChI=1S/C21H19N3O3S/c1-14-13-15(2)24(22-14)21(25)20-19(16-9-5-4-6-10-16)17-11-7-8-12-18(17)28(26,27)23(20)3/h4-13H,1-3H3. The Hall–Kier alpha value is -3.19. The lowest BCUT2D eigenvalue weighted by atomic mass is 9.95. The van der Waals surface area contributed by atoms with Gasteiger partial charge in [0.1, 0.15) is 5.70 Å². The average Bonchev–Trinajstić information content (AvgIpc) is 3.03. The van der Waals surface area contributed by atoms with Crippen LogP contribution >= 0.6 is 0 Å². The number of likely N-dealkylation sites (N-methyl/N-ethyl adjacent to an activating group) is 1. The molecule has 4 rings (SSSR count). The number of aryl methyl sites for hydroxylation is 2. The third kappa shape index (κ3) is 2.66. The first-order valence-electron chi connectivity index (χ1n) is 8.78. The van der Waals surface area contributed by atoms with E-state index in [2.05, 4.69) is 5.10 Å². The van der Waals surface area contributed by atoms with Gasteiger partial charge in [-0.05, 0) is 31.5 Å². The predicted octanol–water partition coefficient (Wildman–Crippen LogP) is 3.23. The molecule has 142 valence electrons. The summed E-state index contributed by atoms with van der Waals surface area (Å²) in [5, 5.41) is 4.26. The monoisotopic (exact) mass is 393 g/mol. The maximum absolute atomic E-state index is 13.5. The van der Waals surface area contributed by atoms with Crippen LogP contribution < -0.4 is 0 Å². The molecule has 7 heteroatoms. The second-order valence-corrected chi connectivity index (χ2v) is 8.64. The van der Waals surface area contributed by atoms with Crippen molar-refractivity contribution in [2.75, 3.05) is 7.05 Å². The van der Waals surface area contributed by atoms with Crippen molar-refractivity contribution in [2.45, 2.75) is 18.7 Å². The van der Waals surface area contributed by atoms with E-state index in [9.17, 15) is 13.2 Å². The quantitative estimate of drug-likeness (QED) is 0.670. The minimum absolute atomic E-state index is 0.0797. The summed E-state index contributed by atoms with van der Waals surface area (Å²) < 4.78 is 28.6. The highest BCUT2D eigenvalue weighted by molar-refractivity contribution is 7.89. The van der Waals surface area contributed by atoms with E-state index < -0.39 is 15.9 Å². The van der Waals surface area contributed by atoms with E-state index >= 15 is 0 Å². The van der Waals surface area contributed by atoms with Crippen molar-refractivity contribution in [3.8, 4) is 0 Å². The molecule has 2 aromatic carbocycles. The normalized spacial score (nSPS) is 15.5. The molecule has 0 bridgehead atoms. The van der Waals surface area contributed by atoms with E-state index in [4.69, 9.17) is 0 Å². The summed E-state index contributed by atoms with van der Waals surface area (Å²) in [7, 11) is -2.45. The maximum atomic E-state index is 13.5. The highest BCUT2D eigenvalue weighted by Crippen LogP contribution is 2.39. The minimum atomic E-state index is -3.86. The van der Waals surface area contributed by atoms with Crippen LogP contribution in [-0.2, 0) is 10.0 Å². The van der Waals surface area contributed by atoms with Crippen LogP contribution in [0.15, 0.2) is 71.3 Å². The van der Waals surface area contributed by atoms with Crippen molar-refractivity contribution in [2.24, 2.45) is 0 Å². The number of benzene rings is 2. The SMILES string of the molecule is Cc1cc(C)n(C(=O)C2=C(c3ccccc3)c3ccccc3S(=O)(=O)N2C)n1. The number of rotatable bonds is 2. The number of sulfonamides is 1. The number of aromatic nitrogens is 2. The van der Waals surface area contributed by atoms with Crippen LogP contribution in [0.25, 0.3) is 5.57 Å². The maximum Gasteiger partial charge on any atom is 0.296 e. The van der Waals surface area contributed by atoms with E-state index in [-0.39, 0.29) is 10.6 Å². The third-order valence-corrected chi connectivity index (χ3v) is 6.63. The Kier molecular flexibility index (Phi) is 4.19. The fourth-order valence-corrected chi connectivity index (χ4v) is 4.93. The van der Waals surface area contributed by atoms with Gasteiger partial charge in [0.15, 0.2) is 0 Å². The Balaban J connectivity index is 2.09. The molecule has 3 aromatic rings. The van der Waals surface area contributed by atoms with E-state index in [1.165, 1.54) is 11.7 Å². The zero-order chi connectivity index (χ0) is 20.1. The molecule has 0 radical (unpaired) electrons. The van der Waals surface area contributed by atoms with Crippen molar-refractivity contribution < 1.29 is 13.2 Å². The molecular formula is C21H19N3O3S. The Labute approximate surface area is 163 Å². The zero-order valence-electron chi connectivity index (χ0n) is 15.7. The molecule has 0 saturated carbocycles. The van der Waals surface area contributed by atoms with Crippen LogP contribution in [0.2, 0.25) is 0 Å². The van der Waals surface area contributed by atoms with Gasteiger partial charge in [0.25, 0.3) is 15.9 Å². The molecule has 0 fully saturated rings. The van der Waals surface area contributed by atoms with Crippen LogP contribution in [0.3, 0.4) is 0 Å². The lowest BCUT2D eigenvalue weighted by Gasteiger charge is -2.31. The number of carbonyl (C=O) groups excluding carboxylic acids is 1. The number of hydrogen-bond donors (Lipinski definition) is 0. The molecule has 1 aliphatic heterocycles. The zero-order valence-corrected chi connectivity index (χ0v) is 16.6. The second-order valence-electron chi connectivity index (χ2n) is 6.70. The Morgan fingerprint density at radius 3 is 2.25 bits per heavy atom. The second kappa shape index (κ2) is 6.45. The van der Waals surface area contributed by atoms with Gasteiger partial charge in [-0.15, -0.1) is 0 Å². The molecule has 0 spiro atoms. The summed E-state index contributed by atoms with van der Waals surface area (Å²) in [6.45, 7) is 3.56. The molecule has 1 aromatic heterocycles. The predicted molar refractivity (Wildman–Crippen MR) is 106 cm³/mol.